The molecule has 0 aliphatic carbocycles. The topological polar surface area (TPSA) is 86.5 Å². The molecule has 1 heterocycles. The zero-order valence-corrected chi connectivity index (χ0v) is 8.89. The fraction of sp³-hybridized carbons (Fsp3) is 0.900. The molecule has 5 heteroatoms. The number of carbonyl (C=O) groups excluding carboxylic acids is 1. The monoisotopic (exact) mass is 215 g/mol. The third-order valence-electron chi connectivity index (χ3n) is 2.83. The molecule has 1 amide bonds. The first-order chi connectivity index (χ1) is 7.13. The molecular formula is C10H19N2O3. The number of likely N-dealkylation sites (tertiary alicyclic amines) is 1. The minimum atomic E-state index is -0.575. The van der Waals surface area contributed by atoms with Crippen LogP contribution in [-0.2, 0) is 9.90 Å². The van der Waals surface area contributed by atoms with Gasteiger partial charge in [-0.25, -0.2) is 5.11 Å². The van der Waals surface area contributed by atoms with Crippen molar-refractivity contribution in [2.75, 3.05) is 26.2 Å². The smallest absolute Gasteiger partial charge is 0.221 e. The lowest BCUT2D eigenvalue weighted by Crippen LogP contribution is -2.44. The van der Waals surface area contributed by atoms with Gasteiger partial charge in [-0.1, -0.05) is 0 Å². The van der Waals surface area contributed by atoms with Crippen molar-refractivity contribution in [3.63, 3.8) is 0 Å². The molecule has 5 nitrogen and oxygen atoms in total. The molecule has 1 fully saturated rings. The van der Waals surface area contributed by atoms with Crippen molar-refractivity contribution in [2.24, 2.45) is 11.7 Å². The molecule has 0 aromatic rings. The molecule has 1 rings (SSSR count). The van der Waals surface area contributed by atoms with Gasteiger partial charge in [0.1, 0.15) is 0 Å². The Hall–Kier alpha value is -0.650. The Morgan fingerprint density at radius 3 is 2.93 bits per heavy atom. The van der Waals surface area contributed by atoms with Crippen molar-refractivity contribution in [2.45, 2.75) is 25.4 Å². The molecule has 87 valence electrons. The van der Waals surface area contributed by atoms with Crippen LogP contribution < -0.4 is 5.73 Å². The molecule has 1 aliphatic rings. The summed E-state index contributed by atoms with van der Waals surface area (Å²) in [6.45, 7) is 1.71. The summed E-state index contributed by atoms with van der Waals surface area (Å²) in [5, 5.41) is 19.8. The van der Waals surface area contributed by atoms with Crippen molar-refractivity contribution in [1.29, 1.82) is 0 Å². The van der Waals surface area contributed by atoms with E-state index in [1.54, 1.807) is 0 Å². The number of primary amides is 1. The molecule has 2 unspecified atom stereocenters. The van der Waals surface area contributed by atoms with E-state index in [0.717, 1.165) is 19.4 Å². The van der Waals surface area contributed by atoms with E-state index in [1.165, 1.54) is 0 Å². The number of rotatable bonds is 5. The van der Waals surface area contributed by atoms with Gasteiger partial charge in [0.25, 0.3) is 0 Å². The van der Waals surface area contributed by atoms with Gasteiger partial charge in [0.15, 0.2) is 0 Å². The van der Waals surface area contributed by atoms with Crippen LogP contribution in [0.5, 0.6) is 0 Å². The first kappa shape index (κ1) is 12.4. The minimum Gasteiger partial charge on any atom is -0.392 e. The van der Waals surface area contributed by atoms with Crippen LogP contribution in [0.3, 0.4) is 0 Å². The van der Waals surface area contributed by atoms with Crippen LogP contribution in [0.2, 0.25) is 0 Å². The molecule has 0 aromatic heterocycles. The van der Waals surface area contributed by atoms with Crippen LogP contribution in [-0.4, -0.2) is 48.3 Å². The standard InChI is InChI=1S/C10H19N2O3/c11-10(15)8-2-1-4-12(6-8)7-9(14)3-5-13/h8-9,14H,1-7H2,(H2,11,15). The second-order valence-corrected chi connectivity index (χ2v) is 4.15. The number of amides is 1. The maximum absolute atomic E-state index is 11.0. The summed E-state index contributed by atoms with van der Waals surface area (Å²) in [5.41, 5.74) is 5.24. The third-order valence-corrected chi connectivity index (χ3v) is 2.83. The fourth-order valence-electron chi connectivity index (χ4n) is 1.98. The van der Waals surface area contributed by atoms with E-state index in [2.05, 4.69) is 0 Å². The maximum atomic E-state index is 11.0. The average molecular weight is 215 g/mol. The van der Waals surface area contributed by atoms with E-state index in [0.29, 0.717) is 13.1 Å². The number of aliphatic hydroxyl groups excluding tert-OH is 1. The van der Waals surface area contributed by atoms with E-state index in [9.17, 15) is 15.0 Å². The van der Waals surface area contributed by atoms with Crippen LogP contribution in [0.4, 0.5) is 0 Å². The first-order valence-corrected chi connectivity index (χ1v) is 5.41. The number of hydrogen-bond acceptors (Lipinski definition) is 3. The number of carbonyl (C=O) groups is 1. The van der Waals surface area contributed by atoms with Crippen molar-refractivity contribution in [3.8, 4) is 0 Å². The van der Waals surface area contributed by atoms with Crippen molar-refractivity contribution in [3.05, 3.63) is 0 Å². The van der Waals surface area contributed by atoms with E-state index < -0.39 is 6.10 Å². The Morgan fingerprint density at radius 1 is 1.60 bits per heavy atom. The number of nitrogens with zero attached hydrogens (tertiary/aromatic N) is 1. The Labute approximate surface area is 89.9 Å². The molecule has 1 radical (unpaired) electrons. The highest BCUT2D eigenvalue weighted by molar-refractivity contribution is 5.76. The highest BCUT2D eigenvalue weighted by atomic mass is 16.3. The lowest BCUT2D eigenvalue weighted by Gasteiger charge is -2.32. The number of β-amino-alcohol motifs (C(OH)–C–C–N with tert-alkyl or cyclic N) is 1. The Balaban J connectivity index is 2.32. The van der Waals surface area contributed by atoms with Crippen LogP contribution >= 0.6 is 0 Å². The van der Waals surface area contributed by atoms with Gasteiger partial charge in [-0.05, 0) is 19.4 Å². The van der Waals surface area contributed by atoms with E-state index >= 15 is 0 Å². The largest absolute Gasteiger partial charge is 0.392 e. The molecule has 0 spiro atoms. The highest BCUT2D eigenvalue weighted by Crippen LogP contribution is 2.16. The summed E-state index contributed by atoms with van der Waals surface area (Å²) in [4.78, 5) is 13.0. The van der Waals surface area contributed by atoms with Crippen molar-refractivity contribution in [1.82, 2.24) is 4.90 Å². The quantitative estimate of drug-likeness (QED) is 0.640. The lowest BCUT2D eigenvalue weighted by atomic mass is 9.97. The van der Waals surface area contributed by atoms with E-state index in [1.807, 2.05) is 4.90 Å². The van der Waals surface area contributed by atoms with Crippen LogP contribution in [0.15, 0.2) is 0 Å². The molecular weight excluding hydrogens is 196 g/mol. The first-order valence-electron chi connectivity index (χ1n) is 5.41. The number of nitrogens with two attached hydrogens (primary N) is 1. The average Bonchev–Trinajstić information content (AvgIpc) is 2.18. The fourth-order valence-corrected chi connectivity index (χ4v) is 1.98. The zero-order chi connectivity index (χ0) is 11.3. The molecule has 3 N–H and O–H groups in total. The molecule has 15 heavy (non-hydrogen) atoms. The summed E-state index contributed by atoms with van der Waals surface area (Å²) in [6.07, 6.45) is 1.47. The predicted molar refractivity (Wildman–Crippen MR) is 54.5 cm³/mol. The normalized spacial score (nSPS) is 25.1. The van der Waals surface area contributed by atoms with Gasteiger partial charge in [-0.15, -0.1) is 0 Å². The van der Waals surface area contributed by atoms with Crippen molar-refractivity contribution < 1.29 is 15.0 Å². The van der Waals surface area contributed by atoms with Gasteiger partial charge < -0.3 is 10.8 Å². The summed E-state index contributed by atoms with van der Waals surface area (Å²) in [6, 6.07) is 0. The van der Waals surface area contributed by atoms with Gasteiger partial charge in [0.2, 0.25) is 5.91 Å². The van der Waals surface area contributed by atoms with Crippen LogP contribution in [0.1, 0.15) is 19.3 Å². The Bertz CT molecular complexity index is 211. The van der Waals surface area contributed by atoms with Crippen LogP contribution in [0.25, 0.3) is 0 Å². The molecule has 2 atom stereocenters. The molecule has 0 bridgehead atoms. The second-order valence-electron chi connectivity index (χ2n) is 4.15. The summed E-state index contributed by atoms with van der Waals surface area (Å²) in [5.74, 6) is -0.365. The number of aliphatic hydroxyl groups is 1. The number of hydrogen-bond donors (Lipinski definition) is 2. The highest BCUT2D eigenvalue weighted by Gasteiger charge is 2.24. The predicted octanol–water partition coefficient (Wildman–Crippen LogP) is -0.635. The van der Waals surface area contributed by atoms with Gasteiger partial charge >= 0.3 is 0 Å². The third kappa shape index (κ3) is 4.15. The van der Waals surface area contributed by atoms with E-state index in [-0.39, 0.29) is 24.9 Å². The van der Waals surface area contributed by atoms with E-state index in [4.69, 9.17) is 5.73 Å². The molecule has 1 aliphatic heterocycles. The minimum absolute atomic E-state index is 0.0989. The second kappa shape index (κ2) is 6.05. The van der Waals surface area contributed by atoms with Gasteiger partial charge in [-0.2, -0.15) is 0 Å². The van der Waals surface area contributed by atoms with Gasteiger partial charge in [0, 0.05) is 19.5 Å². The van der Waals surface area contributed by atoms with Gasteiger partial charge in [0.05, 0.1) is 18.6 Å². The molecule has 0 aromatic carbocycles. The SMILES string of the molecule is NC(=O)C1CCCN(CC(O)CC[O])C1. The van der Waals surface area contributed by atoms with Crippen LogP contribution in [0, 0.1) is 5.92 Å². The summed E-state index contributed by atoms with van der Waals surface area (Å²) < 4.78 is 0. The summed E-state index contributed by atoms with van der Waals surface area (Å²) in [7, 11) is 0. The Morgan fingerprint density at radius 2 is 2.33 bits per heavy atom. The number of piperidine rings is 1. The van der Waals surface area contributed by atoms with Crippen molar-refractivity contribution >= 4 is 5.91 Å². The summed E-state index contributed by atoms with van der Waals surface area (Å²) >= 11 is 0. The zero-order valence-electron chi connectivity index (χ0n) is 8.89. The molecule has 0 saturated carbocycles. The van der Waals surface area contributed by atoms with Gasteiger partial charge in [-0.3, -0.25) is 9.69 Å². The molecule has 1 saturated heterocycles. The Kier molecular flexibility index (Phi) is 5.01. The lowest BCUT2D eigenvalue weighted by molar-refractivity contribution is -0.123. The maximum Gasteiger partial charge on any atom is 0.221 e.